The summed E-state index contributed by atoms with van der Waals surface area (Å²) in [6.45, 7) is 0. The first-order valence-corrected chi connectivity index (χ1v) is 13.5. The maximum atomic E-state index is 12.8. The Bertz CT molecular complexity index is 1510. The lowest BCUT2D eigenvalue weighted by Gasteiger charge is -2.10. The molecule has 1 aliphatic rings. The van der Waals surface area contributed by atoms with Gasteiger partial charge in [-0.15, -0.1) is 0 Å². The minimum Gasteiger partial charge on any atom is -0.378 e. The maximum Gasteiger partial charge on any atom is 0.339 e. The van der Waals surface area contributed by atoms with E-state index in [-0.39, 0.29) is 21.2 Å². The lowest BCUT2D eigenvalue weighted by molar-refractivity contribution is -0.384. The van der Waals surface area contributed by atoms with Crippen LogP contribution in [0.2, 0.25) is 0 Å². The molecule has 1 amide bonds. The smallest absolute Gasteiger partial charge is 0.339 e. The minimum absolute atomic E-state index is 0.0244. The third kappa shape index (κ3) is 5.99. The van der Waals surface area contributed by atoms with Crippen LogP contribution in [0.4, 0.5) is 11.4 Å². The van der Waals surface area contributed by atoms with E-state index in [1.807, 2.05) is 18.2 Å². The summed E-state index contributed by atoms with van der Waals surface area (Å²) in [5, 5.41) is 13.9. The number of carbonyl (C=O) groups is 1. The van der Waals surface area contributed by atoms with Crippen LogP contribution in [0.3, 0.4) is 0 Å². The highest BCUT2D eigenvalue weighted by Gasteiger charge is 2.26. The number of non-ortho nitro benzene ring substituents is 1. The van der Waals surface area contributed by atoms with Gasteiger partial charge in [-0.3, -0.25) is 14.9 Å². The molecule has 1 aliphatic heterocycles. The molecule has 0 atom stereocenters. The molecule has 3 aromatic carbocycles. The largest absolute Gasteiger partial charge is 0.378 e. The molecule has 178 valence electrons. The van der Waals surface area contributed by atoms with Crippen LogP contribution in [0.15, 0.2) is 90.5 Å². The van der Waals surface area contributed by atoms with Gasteiger partial charge in [0, 0.05) is 26.6 Å². The summed E-state index contributed by atoms with van der Waals surface area (Å²) in [6, 6.07) is 16.2. The molecule has 0 radical (unpaired) electrons. The average molecular weight is 639 g/mol. The standard InChI is InChI=1S/C22H13Br2N3O6S2/c23-14-5-10-19(33-35(31,32)16-8-6-15(7-9-16)27(29)30)13(11-14)12-20-21(28)26-22(34-20)25-18-4-2-1-3-17(18)24/h1-12H,(H,25,26,28)/b20-12+. The summed E-state index contributed by atoms with van der Waals surface area (Å²) in [4.78, 5) is 27.2. The molecule has 13 heteroatoms. The number of thioether (sulfide) groups is 1. The third-order valence-electron chi connectivity index (χ3n) is 4.52. The Morgan fingerprint density at radius 3 is 2.46 bits per heavy atom. The number of aliphatic imine (C=N–C) groups is 1. The number of nitro groups is 1. The van der Waals surface area contributed by atoms with Crippen LogP contribution in [0.1, 0.15) is 5.56 Å². The van der Waals surface area contributed by atoms with Gasteiger partial charge in [0.05, 0.1) is 15.5 Å². The maximum absolute atomic E-state index is 12.8. The number of benzene rings is 3. The quantitative estimate of drug-likeness (QED) is 0.157. The molecular formula is C22H13Br2N3O6S2. The zero-order valence-corrected chi connectivity index (χ0v) is 22.1. The van der Waals surface area contributed by atoms with Gasteiger partial charge >= 0.3 is 10.1 Å². The van der Waals surface area contributed by atoms with Crippen molar-refractivity contribution in [3.63, 3.8) is 0 Å². The van der Waals surface area contributed by atoms with E-state index in [2.05, 4.69) is 42.2 Å². The topological polar surface area (TPSA) is 128 Å². The highest BCUT2D eigenvalue weighted by molar-refractivity contribution is 9.10. The first-order valence-electron chi connectivity index (χ1n) is 9.65. The molecule has 35 heavy (non-hydrogen) atoms. The number of nitrogens with one attached hydrogen (secondary N) is 1. The van der Waals surface area contributed by atoms with Crippen molar-refractivity contribution >= 4 is 82.3 Å². The van der Waals surface area contributed by atoms with E-state index < -0.39 is 20.9 Å². The van der Waals surface area contributed by atoms with Crippen LogP contribution in [-0.2, 0) is 14.9 Å². The van der Waals surface area contributed by atoms with E-state index in [0.717, 1.165) is 40.5 Å². The van der Waals surface area contributed by atoms with Gasteiger partial charge in [-0.2, -0.15) is 8.42 Å². The molecular weight excluding hydrogens is 626 g/mol. The fraction of sp³-hybridized carbons (Fsp3) is 0. The van der Waals surface area contributed by atoms with Crippen molar-refractivity contribution in [1.29, 1.82) is 0 Å². The fourth-order valence-electron chi connectivity index (χ4n) is 2.88. The molecule has 0 saturated carbocycles. The van der Waals surface area contributed by atoms with Crippen LogP contribution < -0.4 is 9.50 Å². The predicted molar refractivity (Wildman–Crippen MR) is 140 cm³/mol. The molecule has 1 heterocycles. The molecule has 0 aliphatic carbocycles. The molecule has 0 bridgehead atoms. The van der Waals surface area contributed by atoms with Crippen LogP contribution in [0.25, 0.3) is 6.08 Å². The average Bonchev–Trinajstić information content (AvgIpc) is 3.15. The molecule has 1 N–H and O–H groups in total. The second kappa shape index (κ2) is 10.3. The van der Waals surface area contributed by atoms with Crippen LogP contribution in [0, 0.1) is 10.1 Å². The molecule has 1 fully saturated rings. The van der Waals surface area contributed by atoms with E-state index in [0.29, 0.717) is 20.9 Å². The van der Waals surface area contributed by atoms with Gasteiger partial charge in [0.15, 0.2) is 5.17 Å². The first-order chi connectivity index (χ1) is 16.6. The van der Waals surface area contributed by atoms with Crippen molar-refractivity contribution in [1.82, 2.24) is 5.32 Å². The number of nitro benzene ring substituents is 1. The lowest BCUT2D eigenvalue weighted by atomic mass is 10.2. The third-order valence-corrected chi connectivity index (χ3v) is 7.84. The number of carbonyl (C=O) groups excluding carboxylic acids is 1. The van der Waals surface area contributed by atoms with Gasteiger partial charge in [0.2, 0.25) is 0 Å². The van der Waals surface area contributed by atoms with Crippen LogP contribution >= 0.6 is 43.6 Å². The number of amides is 1. The molecule has 0 unspecified atom stereocenters. The number of amidine groups is 1. The predicted octanol–water partition coefficient (Wildman–Crippen LogP) is 5.78. The van der Waals surface area contributed by atoms with E-state index in [1.165, 1.54) is 12.1 Å². The number of nitrogens with zero attached hydrogens (tertiary/aromatic N) is 2. The summed E-state index contributed by atoms with van der Waals surface area (Å²) >= 11 is 7.84. The Hall–Kier alpha value is -3.00. The van der Waals surface area contributed by atoms with Crippen LogP contribution in [-0.4, -0.2) is 24.4 Å². The molecule has 1 saturated heterocycles. The number of halogens is 2. The van der Waals surface area contributed by atoms with Crippen molar-refractivity contribution in [2.24, 2.45) is 4.99 Å². The van der Waals surface area contributed by atoms with E-state index in [4.69, 9.17) is 4.18 Å². The first kappa shape index (κ1) is 25.1. The zero-order valence-electron chi connectivity index (χ0n) is 17.3. The SMILES string of the molecule is O=C1NC(=Nc2ccccc2Br)S/C1=C/c1cc(Br)ccc1OS(=O)(=O)c1ccc([N+](=O)[O-])cc1. The second-order valence-electron chi connectivity index (χ2n) is 6.90. The van der Waals surface area contributed by atoms with Crippen molar-refractivity contribution in [2.75, 3.05) is 0 Å². The Labute approximate surface area is 220 Å². The molecule has 0 spiro atoms. The monoisotopic (exact) mass is 637 g/mol. The van der Waals surface area contributed by atoms with Gasteiger partial charge < -0.3 is 9.50 Å². The molecule has 3 aromatic rings. The van der Waals surface area contributed by atoms with E-state index in [9.17, 15) is 23.3 Å². The van der Waals surface area contributed by atoms with Crippen molar-refractivity contribution in [2.45, 2.75) is 4.90 Å². The Morgan fingerprint density at radius 1 is 1.06 bits per heavy atom. The molecule has 4 rings (SSSR count). The fourth-order valence-corrected chi connectivity index (χ4v) is 5.41. The number of para-hydroxylation sites is 1. The second-order valence-corrected chi connectivity index (χ2v) is 11.3. The lowest BCUT2D eigenvalue weighted by Crippen LogP contribution is -2.19. The summed E-state index contributed by atoms with van der Waals surface area (Å²) in [5.41, 5.74) is 0.712. The number of hydrogen-bond donors (Lipinski definition) is 1. The Morgan fingerprint density at radius 2 is 1.77 bits per heavy atom. The number of rotatable bonds is 6. The molecule has 0 aromatic heterocycles. The van der Waals surface area contributed by atoms with Crippen molar-refractivity contribution in [3.05, 3.63) is 96.3 Å². The van der Waals surface area contributed by atoms with Crippen LogP contribution in [0.5, 0.6) is 5.75 Å². The summed E-state index contributed by atoms with van der Waals surface area (Å²) in [7, 11) is -4.30. The summed E-state index contributed by atoms with van der Waals surface area (Å²) < 4.78 is 32.3. The Kier molecular flexibility index (Phi) is 7.40. The zero-order chi connectivity index (χ0) is 25.2. The summed E-state index contributed by atoms with van der Waals surface area (Å²) in [5.74, 6) is -0.423. The number of hydrogen-bond acceptors (Lipinski definition) is 8. The van der Waals surface area contributed by atoms with Gasteiger partial charge in [0.1, 0.15) is 10.6 Å². The summed E-state index contributed by atoms with van der Waals surface area (Å²) in [6.07, 6.45) is 1.49. The van der Waals surface area contributed by atoms with E-state index in [1.54, 1.807) is 18.2 Å². The van der Waals surface area contributed by atoms with Gasteiger partial charge in [-0.25, -0.2) is 4.99 Å². The highest BCUT2D eigenvalue weighted by Crippen LogP contribution is 2.34. The Balaban J connectivity index is 1.63. The molecule has 9 nitrogen and oxygen atoms in total. The minimum atomic E-state index is -4.30. The van der Waals surface area contributed by atoms with Crippen molar-refractivity contribution < 1.29 is 22.3 Å². The van der Waals surface area contributed by atoms with Gasteiger partial charge in [0.25, 0.3) is 11.6 Å². The van der Waals surface area contributed by atoms with Gasteiger partial charge in [-0.05, 0) is 76.2 Å². The van der Waals surface area contributed by atoms with Crippen molar-refractivity contribution in [3.8, 4) is 5.75 Å². The highest BCUT2D eigenvalue weighted by atomic mass is 79.9. The van der Waals surface area contributed by atoms with Gasteiger partial charge in [-0.1, -0.05) is 28.1 Å². The normalized spacial score (nSPS) is 15.9. The van der Waals surface area contributed by atoms with E-state index >= 15 is 0 Å².